The lowest BCUT2D eigenvalue weighted by molar-refractivity contribution is -0.142. The number of esters is 1. The van der Waals surface area contributed by atoms with Crippen LogP contribution in [0.4, 0.5) is 14.6 Å². The van der Waals surface area contributed by atoms with Gasteiger partial charge in [0.25, 0.3) is 6.43 Å². The highest BCUT2D eigenvalue weighted by atomic mass is 79.9. The van der Waals surface area contributed by atoms with Gasteiger partial charge in [-0.25, -0.2) is 13.8 Å². The van der Waals surface area contributed by atoms with E-state index in [1.165, 1.54) is 6.07 Å². The number of anilines is 1. The number of aromatic nitrogens is 1. The number of rotatable bonds is 5. The molecule has 0 unspecified atom stereocenters. The first-order valence-electron chi connectivity index (χ1n) is 5.27. The summed E-state index contributed by atoms with van der Waals surface area (Å²) >= 11 is 3.17. The Balaban J connectivity index is 3.16. The summed E-state index contributed by atoms with van der Waals surface area (Å²) in [6, 6.07) is 1.47. The summed E-state index contributed by atoms with van der Waals surface area (Å²) in [7, 11) is 0. The molecule has 2 N–H and O–H groups in total. The minimum atomic E-state index is -2.78. The zero-order valence-corrected chi connectivity index (χ0v) is 11.3. The summed E-state index contributed by atoms with van der Waals surface area (Å²) < 4.78 is 30.5. The van der Waals surface area contributed by atoms with E-state index in [0.717, 1.165) is 0 Å². The summed E-state index contributed by atoms with van der Waals surface area (Å²) in [6.07, 6.45) is -3.02. The molecule has 0 aromatic carbocycles. The molecule has 1 heterocycles. The number of nitrogen functional groups attached to an aromatic ring is 1. The highest BCUT2D eigenvalue weighted by Gasteiger charge is 2.21. The van der Waals surface area contributed by atoms with Crippen LogP contribution in [0, 0.1) is 0 Å². The monoisotopic (exact) mass is 322 g/mol. The van der Waals surface area contributed by atoms with Crippen molar-refractivity contribution in [1.29, 1.82) is 0 Å². The molecule has 0 amide bonds. The fourth-order valence-corrected chi connectivity index (χ4v) is 2.03. The molecule has 0 saturated carbocycles. The van der Waals surface area contributed by atoms with Crippen molar-refractivity contribution in [2.45, 2.75) is 25.1 Å². The van der Waals surface area contributed by atoms with Crippen LogP contribution >= 0.6 is 15.9 Å². The van der Waals surface area contributed by atoms with Gasteiger partial charge in [-0.1, -0.05) is 15.9 Å². The Morgan fingerprint density at radius 1 is 1.61 bits per heavy atom. The van der Waals surface area contributed by atoms with Crippen molar-refractivity contribution in [1.82, 2.24) is 4.98 Å². The molecule has 0 spiro atoms. The molecule has 0 atom stereocenters. The molecule has 18 heavy (non-hydrogen) atoms. The third-order valence-electron chi connectivity index (χ3n) is 2.25. The summed E-state index contributed by atoms with van der Waals surface area (Å²) in [5, 5.41) is 0.314. The van der Waals surface area contributed by atoms with Gasteiger partial charge in [-0.2, -0.15) is 0 Å². The fraction of sp³-hybridized carbons (Fsp3) is 0.455. The smallest absolute Gasteiger partial charge is 0.310 e. The maximum atomic E-state index is 12.9. The van der Waals surface area contributed by atoms with Gasteiger partial charge in [-0.05, 0) is 24.1 Å². The predicted molar refractivity (Wildman–Crippen MR) is 66.6 cm³/mol. The number of carbonyl (C=O) groups is 1. The van der Waals surface area contributed by atoms with Crippen LogP contribution in [-0.2, 0) is 21.3 Å². The lowest BCUT2D eigenvalue weighted by atomic mass is 10.0. The molecule has 1 aromatic rings. The lowest BCUT2D eigenvalue weighted by Crippen LogP contribution is -2.13. The number of ether oxygens (including phenoxy) is 1. The van der Waals surface area contributed by atoms with Gasteiger partial charge < -0.3 is 10.5 Å². The second-order valence-corrected chi connectivity index (χ2v) is 4.05. The molecule has 0 aliphatic heterocycles. The highest BCUT2D eigenvalue weighted by Crippen LogP contribution is 2.27. The van der Waals surface area contributed by atoms with E-state index in [1.54, 1.807) is 6.92 Å². The van der Waals surface area contributed by atoms with Gasteiger partial charge in [-0.3, -0.25) is 4.79 Å². The van der Waals surface area contributed by atoms with E-state index in [4.69, 9.17) is 10.5 Å². The number of carbonyl (C=O) groups excluding carboxylic acids is 1. The molecule has 100 valence electrons. The van der Waals surface area contributed by atoms with Crippen LogP contribution in [0.15, 0.2) is 6.07 Å². The van der Waals surface area contributed by atoms with Crippen molar-refractivity contribution in [3.63, 3.8) is 0 Å². The number of pyridine rings is 1. The van der Waals surface area contributed by atoms with E-state index < -0.39 is 18.1 Å². The summed E-state index contributed by atoms with van der Waals surface area (Å²) in [5.41, 5.74) is 5.68. The van der Waals surface area contributed by atoms with Crippen LogP contribution in [0.2, 0.25) is 0 Å². The molecular weight excluding hydrogens is 310 g/mol. The van der Waals surface area contributed by atoms with Gasteiger partial charge in [-0.15, -0.1) is 0 Å². The van der Waals surface area contributed by atoms with Gasteiger partial charge in [0.2, 0.25) is 0 Å². The summed E-state index contributed by atoms with van der Waals surface area (Å²) in [5.74, 6) is -0.555. The number of hydrogen-bond acceptors (Lipinski definition) is 4. The SMILES string of the molecule is CCOC(=O)Cc1c(CBr)cc(N)nc1C(F)F. The van der Waals surface area contributed by atoms with Gasteiger partial charge >= 0.3 is 5.97 Å². The molecular formula is C11H13BrF2N2O2. The normalized spacial score (nSPS) is 10.7. The molecule has 7 heteroatoms. The van der Waals surface area contributed by atoms with Crippen LogP contribution in [0.25, 0.3) is 0 Å². The summed E-state index contributed by atoms with van der Waals surface area (Å²) in [4.78, 5) is 15.0. The van der Waals surface area contributed by atoms with Crippen molar-refractivity contribution >= 4 is 27.7 Å². The molecule has 0 aliphatic rings. The zero-order chi connectivity index (χ0) is 13.7. The fourth-order valence-electron chi connectivity index (χ4n) is 1.53. The van der Waals surface area contributed by atoms with Gasteiger partial charge in [0, 0.05) is 5.33 Å². The number of halogens is 3. The number of alkyl halides is 3. The van der Waals surface area contributed by atoms with Crippen LogP contribution in [0.3, 0.4) is 0 Å². The molecule has 4 nitrogen and oxygen atoms in total. The van der Waals surface area contributed by atoms with E-state index in [1.807, 2.05) is 0 Å². The van der Waals surface area contributed by atoms with Crippen LogP contribution in [0.1, 0.15) is 30.2 Å². The average Bonchev–Trinajstić information content (AvgIpc) is 2.30. The highest BCUT2D eigenvalue weighted by molar-refractivity contribution is 9.08. The molecule has 0 radical (unpaired) electrons. The molecule has 1 aromatic heterocycles. The van der Waals surface area contributed by atoms with Crippen LogP contribution in [0.5, 0.6) is 0 Å². The predicted octanol–water partition coefficient (Wildman–Crippen LogP) is 2.60. The average molecular weight is 323 g/mol. The van der Waals surface area contributed by atoms with Gasteiger partial charge in [0.1, 0.15) is 11.5 Å². The Morgan fingerprint density at radius 3 is 2.78 bits per heavy atom. The molecule has 0 fully saturated rings. The third-order valence-corrected chi connectivity index (χ3v) is 2.85. The van der Waals surface area contributed by atoms with E-state index in [2.05, 4.69) is 20.9 Å². The first-order valence-corrected chi connectivity index (χ1v) is 6.39. The molecule has 0 aliphatic carbocycles. The Bertz CT molecular complexity index is 441. The molecule has 0 bridgehead atoms. The minimum absolute atomic E-state index is 0.00681. The Kier molecular flexibility index (Phi) is 5.46. The number of nitrogens with two attached hydrogens (primary N) is 1. The van der Waals surface area contributed by atoms with Crippen molar-refractivity contribution in [3.8, 4) is 0 Å². The van der Waals surface area contributed by atoms with E-state index in [9.17, 15) is 13.6 Å². The minimum Gasteiger partial charge on any atom is -0.466 e. The Morgan fingerprint density at radius 2 is 2.28 bits per heavy atom. The largest absolute Gasteiger partial charge is 0.466 e. The van der Waals surface area contributed by atoms with Crippen LogP contribution in [-0.4, -0.2) is 17.6 Å². The maximum absolute atomic E-state index is 12.9. The quantitative estimate of drug-likeness (QED) is 0.668. The van der Waals surface area contributed by atoms with E-state index >= 15 is 0 Å². The van der Waals surface area contributed by atoms with Crippen molar-refractivity contribution < 1.29 is 18.3 Å². The van der Waals surface area contributed by atoms with Crippen molar-refractivity contribution in [2.75, 3.05) is 12.3 Å². The second-order valence-electron chi connectivity index (χ2n) is 3.49. The first-order chi connectivity index (χ1) is 8.49. The van der Waals surface area contributed by atoms with Gasteiger partial charge in [0.15, 0.2) is 0 Å². The number of hydrogen-bond donors (Lipinski definition) is 1. The first kappa shape index (κ1) is 14.8. The van der Waals surface area contributed by atoms with Crippen molar-refractivity contribution in [3.05, 3.63) is 22.9 Å². The Labute approximate surface area is 112 Å². The van der Waals surface area contributed by atoms with Gasteiger partial charge in [0.05, 0.1) is 13.0 Å². The molecule has 0 saturated heterocycles. The topological polar surface area (TPSA) is 65.2 Å². The lowest BCUT2D eigenvalue weighted by Gasteiger charge is -2.13. The summed E-state index contributed by atoms with van der Waals surface area (Å²) in [6.45, 7) is 1.85. The maximum Gasteiger partial charge on any atom is 0.310 e. The standard InChI is InChI=1S/C11H13BrF2N2O2/c1-2-18-9(17)4-7-6(5-12)3-8(15)16-10(7)11(13)14/h3,11H,2,4-5H2,1H3,(H2,15,16). The van der Waals surface area contributed by atoms with Crippen LogP contribution < -0.4 is 5.73 Å². The second kappa shape index (κ2) is 6.63. The zero-order valence-electron chi connectivity index (χ0n) is 9.75. The van der Waals surface area contributed by atoms with Crippen molar-refractivity contribution in [2.24, 2.45) is 0 Å². The Hall–Kier alpha value is -1.24. The molecule has 1 rings (SSSR count). The number of nitrogens with zero attached hydrogens (tertiary/aromatic N) is 1. The van der Waals surface area contributed by atoms with E-state index in [0.29, 0.717) is 10.9 Å². The van der Waals surface area contributed by atoms with E-state index in [-0.39, 0.29) is 24.4 Å². The third kappa shape index (κ3) is 3.63.